The van der Waals surface area contributed by atoms with Crippen molar-refractivity contribution in [2.45, 2.75) is 64.8 Å². The van der Waals surface area contributed by atoms with Crippen LogP contribution in [0.1, 0.15) is 62.8 Å². The number of nitrogens with one attached hydrogen (secondary N) is 1. The summed E-state index contributed by atoms with van der Waals surface area (Å²) >= 11 is 0. The molecular formula is C28H36F2N5O7. The number of halogens is 2. The molecule has 0 bridgehead atoms. The molecule has 1 aliphatic carbocycles. The van der Waals surface area contributed by atoms with Gasteiger partial charge in [0, 0.05) is 31.2 Å². The van der Waals surface area contributed by atoms with Crippen LogP contribution in [0, 0.1) is 12.8 Å². The Balaban J connectivity index is 1.68. The number of nitrogens with zero attached hydrogens (tertiary/aromatic N) is 3. The molecule has 42 heavy (non-hydrogen) atoms. The Morgan fingerprint density at radius 1 is 1.21 bits per heavy atom. The van der Waals surface area contributed by atoms with E-state index in [0.29, 0.717) is 18.1 Å². The number of carbonyl (C=O) groups is 3. The second kappa shape index (κ2) is 12.4. The summed E-state index contributed by atoms with van der Waals surface area (Å²) in [4.78, 5) is 45.2. The lowest BCUT2D eigenvalue weighted by Crippen LogP contribution is -2.56. The van der Waals surface area contributed by atoms with Gasteiger partial charge in [0.1, 0.15) is 5.60 Å². The second-order valence-electron chi connectivity index (χ2n) is 11.3. The summed E-state index contributed by atoms with van der Waals surface area (Å²) in [7, 11) is 0. The van der Waals surface area contributed by atoms with Crippen molar-refractivity contribution in [2.24, 2.45) is 11.7 Å². The quantitative estimate of drug-likeness (QED) is 0.436. The standard InChI is InChI=1S/C28H36F2N5O7/c1-15-13-34(26(31)37)10-11-35(15)24(36)21-22(16(2)32-27(38)42-28(3,4)5)41-23(33-21)18-8-9-19(40-25(29)30)20(12-18)39-14-17-6-7-17/h8-9,12,15-17,25H,1,6-7,10-11,13-14H2,2-5H3,(H2,31,37)(H,32,38)/t15?,16-/m0/s1. The van der Waals surface area contributed by atoms with Crippen LogP contribution in [0.15, 0.2) is 22.6 Å². The maximum atomic E-state index is 13.8. The van der Waals surface area contributed by atoms with Gasteiger partial charge >= 0.3 is 18.7 Å². The molecule has 229 valence electrons. The molecule has 1 aromatic carbocycles. The number of aromatic nitrogens is 1. The first kappa shape index (κ1) is 30.8. The monoisotopic (exact) mass is 592 g/mol. The Hall–Kier alpha value is -4.10. The number of amides is 4. The predicted molar refractivity (Wildman–Crippen MR) is 146 cm³/mol. The van der Waals surface area contributed by atoms with E-state index in [9.17, 15) is 23.2 Å². The number of primary amides is 1. The van der Waals surface area contributed by atoms with Gasteiger partial charge in [-0.3, -0.25) is 4.79 Å². The van der Waals surface area contributed by atoms with E-state index in [4.69, 9.17) is 19.6 Å². The van der Waals surface area contributed by atoms with E-state index in [1.807, 2.05) is 0 Å². The number of hydrogen-bond donors (Lipinski definition) is 2. The molecule has 2 heterocycles. The van der Waals surface area contributed by atoms with Crippen LogP contribution in [0.4, 0.5) is 18.4 Å². The molecule has 4 amide bonds. The third kappa shape index (κ3) is 7.79. The van der Waals surface area contributed by atoms with Crippen molar-refractivity contribution in [3.63, 3.8) is 0 Å². The first-order valence-electron chi connectivity index (χ1n) is 13.6. The Morgan fingerprint density at radius 3 is 2.52 bits per heavy atom. The van der Waals surface area contributed by atoms with E-state index in [-0.39, 0.29) is 48.5 Å². The fourth-order valence-corrected chi connectivity index (χ4v) is 4.35. The minimum absolute atomic E-state index is 0.0116. The predicted octanol–water partition coefficient (Wildman–Crippen LogP) is 4.36. The minimum atomic E-state index is -3.05. The highest BCUT2D eigenvalue weighted by Crippen LogP contribution is 2.37. The van der Waals surface area contributed by atoms with Gasteiger partial charge in [0.25, 0.3) is 5.91 Å². The van der Waals surface area contributed by atoms with Crippen molar-refractivity contribution in [1.82, 2.24) is 20.1 Å². The number of hydrogen-bond acceptors (Lipinski definition) is 8. The number of alkyl carbamates (subject to hydrolysis) is 1. The molecular weight excluding hydrogens is 556 g/mol. The smallest absolute Gasteiger partial charge is 0.408 e. The van der Waals surface area contributed by atoms with Gasteiger partial charge in [0.05, 0.1) is 12.6 Å². The first-order chi connectivity index (χ1) is 19.7. The summed E-state index contributed by atoms with van der Waals surface area (Å²) in [6.07, 6.45) is 1.24. The van der Waals surface area contributed by atoms with Gasteiger partial charge in [-0.25, -0.2) is 14.6 Å². The Bertz CT molecular complexity index is 1310. The molecule has 12 nitrogen and oxygen atoms in total. The minimum Gasteiger partial charge on any atom is -0.489 e. The van der Waals surface area contributed by atoms with Crippen LogP contribution in [0.3, 0.4) is 0 Å². The molecule has 1 radical (unpaired) electrons. The van der Waals surface area contributed by atoms with E-state index in [2.05, 4.69) is 22.0 Å². The van der Waals surface area contributed by atoms with Crippen molar-refractivity contribution in [1.29, 1.82) is 0 Å². The van der Waals surface area contributed by atoms with Crippen molar-refractivity contribution >= 4 is 18.0 Å². The molecule has 2 aromatic rings. The van der Waals surface area contributed by atoms with E-state index in [1.54, 1.807) is 27.7 Å². The Kier molecular flexibility index (Phi) is 9.12. The van der Waals surface area contributed by atoms with Crippen LogP contribution in [-0.4, -0.2) is 77.3 Å². The van der Waals surface area contributed by atoms with Gasteiger partial charge in [0.15, 0.2) is 23.0 Å². The topological polar surface area (TPSA) is 149 Å². The van der Waals surface area contributed by atoms with E-state index >= 15 is 0 Å². The number of nitrogens with two attached hydrogens (primary N) is 1. The average Bonchev–Trinajstić information content (AvgIpc) is 3.61. The number of oxazole rings is 1. The van der Waals surface area contributed by atoms with E-state index < -0.39 is 42.3 Å². The molecule has 1 aliphatic heterocycles. The van der Waals surface area contributed by atoms with Crippen molar-refractivity contribution in [3.05, 3.63) is 36.6 Å². The molecule has 2 atom stereocenters. The SMILES string of the molecule is [CH2]C1CN(C(N)=O)CCN1C(=O)c1nc(-c2ccc(OC(F)F)c(OCC3CC3)c2)oc1[C@H](C)NC(=O)OC(C)(C)C. The molecule has 1 unspecified atom stereocenters. The van der Waals surface area contributed by atoms with Crippen molar-refractivity contribution < 1.29 is 41.8 Å². The zero-order valence-electron chi connectivity index (χ0n) is 24.0. The molecule has 2 aliphatic rings. The third-order valence-electron chi connectivity index (χ3n) is 6.62. The van der Waals surface area contributed by atoms with Gasteiger partial charge in [-0.1, -0.05) is 0 Å². The first-order valence-corrected chi connectivity index (χ1v) is 13.6. The molecule has 4 rings (SSSR count). The number of urea groups is 1. The highest BCUT2D eigenvalue weighted by atomic mass is 19.3. The van der Waals surface area contributed by atoms with E-state index in [1.165, 1.54) is 28.0 Å². The highest BCUT2D eigenvalue weighted by molar-refractivity contribution is 5.94. The molecule has 3 N–H and O–H groups in total. The molecule has 14 heteroatoms. The lowest BCUT2D eigenvalue weighted by Gasteiger charge is -2.38. The average molecular weight is 593 g/mol. The lowest BCUT2D eigenvalue weighted by molar-refractivity contribution is -0.0515. The molecule has 1 aromatic heterocycles. The molecule has 1 saturated carbocycles. The van der Waals surface area contributed by atoms with Crippen molar-refractivity contribution in [3.8, 4) is 23.0 Å². The zero-order valence-corrected chi connectivity index (χ0v) is 24.0. The summed E-state index contributed by atoms with van der Waals surface area (Å²) in [6, 6.07) is 2.11. The van der Waals surface area contributed by atoms with E-state index in [0.717, 1.165) is 12.8 Å². The van der Waals surface area contributed by atoms with Gasteiger partial charge < -0.3 is 39.5 Å². The molecule has 2 fully saturated rings. The summed E-state index contributed by atoms with van der Waals surface area (Å²) in [5, 5.41) is 2.65. The zero-order chi connectivity index (χ0) is 30.8. The number of piperazine rings is 1. The number of ether oxygens (including phenoxy) is 3. The normalized spacial score (nSPS) is 18.0. The van der Waals surface area contributed by atoms with Crippen LogP contribution in [0.25, 0.3) is 11.5 Å². The fourth-order valence-electron chi connectivity index (χ4n) is 4.35. The maximum Gasteiger partial charge on any atom is 0.408 e. The number of benzene rings is 1. The van der Waals surface area contributed by atoms with Crippen LogP contribution in [0.2, 0.25) is 0 Å². The summed E-state index contributed by atoms with van der Waals surface area (Å²) in [5.74, 6) is -0.237. The fraction of sp³-hybridized carbons (Fsp3) is 0.536. The summed E-state index contributed by atoms with van der Waals surface area (Å²) in [5.41, 5.74) is 4.86. The van der Waals surface area contributed by atoms with Crippen LogP contribution >= 0.6 is 0 Å². The third-order valence-corrected chi connectivity index (χ3v) is 6.62. The van der Waals surface area contributed by atoms with Gasteiger partial charge in [-0.2, -0.15) is 8.78 Å². The Labute approximate surface area is 242 Å². The second-order valence-corrected chi connectivity index (χ2v) is 11.3. The van der Waals surface area contributed by atoms with Crippen LogP contribution in [-0.2, 0) is 4.74 Å². The number of alkyl halides is 2. The van der Waals surface area contributed by atoms with Crippen LogP contribution in [0.5, 0.6) is 11.5 Å². The molecule has 1 saturated heterocycles. The highest BCUT2D eigenvalue weighted by Gasteiger charge is 2.35. The van der Waals surface area contributed by atoms with Gasteiger partial charge in [-0.15, -0.1) is 0 Å². The van der Waals surface area contributed by atoms with Crippen molar-refractivity contribution in [2.75, 3.05) is 26.2 Å². The summed E-state index contributed by atoms with van der Waals surface area (Å²) in [6.45, 7) is 8.47. The number of rotatable bonds is 9. The summed E-state index contributed by atoms with van der Waals surface area (Å²) < 4.78 is 47.8. The Morgan fingerprint density at radius 2 is 1.93 bits per heavy atom. The largest absolute Gasteiger partial charge is 0.489 e. The lowest BCUT2D eigenvalue weighted by atomic mass is 10.1. The van der Waals surface area contributed by atoms with Gasteiger partial charge in [-0.05, 0) is 71.6 Å². The number of carbonyl (C=O) groups excluding carboxylic acids is 3. The van der Waals surface area contributed by atoms with Gasteiger partial charge in [0.2, 0.25) is 5.89 Å². The molecule has 0 spiro atoms. The van der Waals surface area contributed by atoms with Crippen LogP contribution < -0.4 is 20.5 Å². The maximum absolute atomic E-state index is 13.8.